The van der Waals surface area contributed by atoms with Crippen LogP contribution in [0.3, 0.4) is 0 Å². The van der Waals surface area contributed by atoms with Crippen molar-refractivity contribution >= 4 is 46.7 Å². The largest absolute Gasteiger partial charge is 0.481 e. The van der Waals surface area contributed by atoms with Gasteiger partial charge in [0.25, 0.3) is 0 Å². The second-order valence-corrected chi connectivity index (χ2v) is 6.61. The zero-order valence-corrected chi connectivity index (χ0v) is 13.2. The molecule has 1 fully saturated rings. The molecule has 20 heavy (non-hydrogen) atoms. The molecule has 1 rings (SSSR count). The second-order valence-electron chi connectivity index (χ2n) is 5.10. The van der Waals surface area contributed by atoms with Crippen LogP contribution in [0.15, 0.2) is 10.1 Å². The van der Waals surface area contributed by atoms with E-state index in [1.165, 1.54) is 0 Å². The molecule has 1 aliphatic carbocycles. The third-order valence-electron chi connectivity index (χ3n) is 3.43. The van der Waals surface area contributed by atoms with Crippen LogP contribution in [-0.2, 0) is 14.3 Å². The summed E-state index contributed by atoms with van der Waals surface area (Å²) in [5, 5.41) is 16.3. The van der Waals surface area contributed by atoms with Gasteiger partial charge in [0.2, 0.25) is 5.06 Å². The van der Waals surface area contributed by atoms with Crippen LogP contribution in [0, 0.1) is 28.6 Å². The van der Waals surface area contributed by atoms with E-state index >= 15 is 0 Å². The molecule has 0 amide bonds. The Bertz CT molecular complexity index is 533. The summed E-state index contributed by atoms with van der Waals surface area (Å²) >= 11 is 17.5. The SMILES string of the molecule is CC(=O)OC(Cl)(C(C#N)=C(Cl)Cl)C1C(C(=O)O)C1(C)C. The topological polar surface area (TPSA) is 87.4 Å². The minimum atomic E-state index is -1.99. The predicted octanol–water partition coefficient (Wildman–Crippen LogP) is 3.05. The van der Waals surface area contributed by atoms with Crippen molar-refractivity contribution < 1.29 is 19.4 Å². The number of alkyl halides is 1. The van der Waals surface area contributed by atoms with E-state index < -0.39 is 38.7 Å². The molecular formula is C12H12Cl3NO4. The highest BCUT2D eigenvalue weighted by molar-refractivity contribution is 6.57. The van der Waals surface area contributed by atoms with Crippen molar-refractivity contribution in [3.63, 3.8) is 0 Å². The van der Waals surface area contributed by atoms with Crippen LogP contribution in [0.2, 0.25) is 0 Å². The molecule has 0 radical (unpaired) electrons. The highest BCUT2D eigenvalue weighted by Gasteiger charge is 2.73. The molecule has 5 nitrogen and oxygen atoms in total. The van der Waals surface area contributed by atoms with Gasteiger partial charge in [0.15, 0.2) is 0 Å². The lowest BCUT2D eigenvalue weighted by molar-refractivity contribution is -0.150. The molecule has 8 heteroatoms. The van der Waals surface area contributed by atoms with Gasteiger partial charge in [-0.2, -0.15) is 5.26 Å². The van der Waals surface area contributed by atoms with Gasteiger partial charge in [-0.05, 0) is 5.41 Å². The van der Waals surface area contributed by atoms with Crippen molar-refractivity contribution in [2.75, 3.05) is 0 Å². The number of carbonyl (C=O) groups excluding carboxylic acids is 1. The van der Waals surface area contributed by atoms with E-state index in [0.717, 1.165) is 6.92 Å². The first-order chi connectivity index (χ1) is 9.00. The van der Waals surface area contributed by atoms with E-state index in [4.69, 9.17) is 44.8 Å². The molecule has 1 N–H and O–H groups in total. The summed E-state index contributed by atoms with van der Waals surface area (Å²) in [5.74, 6) is -3.56. The Hall–Kier alpha value is -0.960. The first-order valence-electron chi connectivity index (χ1n) is 5.57. The van der Waals surface area contributed by atoms with E-state index in [2.05, 4.69) is 0 Å². The Morgan fingerprint density at radius 2 is 1.90 bits per heavy atom. The number of carbonyl (C=O) groups is 2. The number of nitrogens with zero attached hydrogens (tertiary/aromatic N) is 1. The van der Waals surface area contributed by atoms with Gasteiger partial charge >= 0.3 is 11.9 Å². The van der Waals surface area contributed by atoms with Crippen LogP contribution in [0.1, 0.15) is 20.8 Å². The van der Waals surface area contributed by atoms with Crippen molar-refractivity contribution in [2.45, 2.75) is 25.8 Å². The summed E-state index contributed by atoms with van der Waals surface area (Å²) in [5.41, 5.74) is -1.14. The third kappa shape index (κ3) is 2.73. The van der Waals surface area contributed by atoms with Crippen LogP contribution in [0.4, 0.5) is 0 Å². The summed E-state index contributed by atoms with van der Waals surface area (Å²) in [6.07, 6.45) is 0. The van der Waals surface area contributed by atoms with Crippen LogP contribution >= 0.6 is 34.8 Å². The number of hydrogen-bond acceptors (Lipinski definition) is 4. The van der Waals surface area contributed by atoms with Gasteiger partial charge in [-0.1, -0.05) is 48.7 Å². The molecule has 110 valence electrons. The van der Waals surface area contributed by atoms with Gasteiger partial charge in [-0.3, -0.25) is 9.59 Å². The number of carboxylic acids is 1. The van der Waals surface area contributed by atoms with Gasteiger partial charge in [0, 0.05) is 12.8 Å². The summed E-state index contributed by atoms with van der Waals surface area (Å²) in [7, 11) is 0. The number of halogens is 3. The molecule has 0 spiro atoms. The second kappa shape index (κ2) is 5.44. The van der Waals surface area contributed by atoms with Gasteiger partial charge in [0.05, 0.1) is 5.92 Å². The standard InChI is InChI=1S/C12H12Cl3NO4/c1-5(17)20-12(15,6(4-16)9(13)14)8-7(10(18)19)11(8,2)3/h7-8H,1-3H3,(H,18,19). The molecular weight excluding hydrogens is 328 g/mol. The molecule has 3 atom stereocenters. The lowest BCUT2D eigenvalue weighted by Gasteiger charge is -2.27. The minimum Gasteiger partial charge on any atom is -0.481 e. The number of aliphatic carboxylic acids is 1. The van der Waals surface area contributed by atoms with Crippen molar-refractivity contribution in [2.24, 2.45) is 17.3 Å². The van der Waals surface area contributed by atoms with Gasteiger partial charge in [0.1, 0.15) is 16.1 Å². The number of esters is 1. The average molecular weight is 341 g/mol. The van der Waals surface area contributed by atoms with Crippen molar-refractivity contribution in [3.05, 3.63) is 10.1 Å². The maximum atomic E-state index is 11.2. The fraction of sp³-hybridized carbons (Fsp3) is 0.583. The van der Waals surface area contributed by atoms with Gasteiger partial charge in [-0.15, -0.1) is 0 Å². The molecule has 0 aromatic carbocycles. The molecule has 1 saturated carbocycles. The maximum absolute atomic E-state index is 11.2. The molecule has 0 saturated heterocycles. The first kappa shape index (κ1) is 17.1. The molecule has 0 aliphatic heterocycles. The Balaban J connectivity index is 3.37. The number of hydrogen-bond donors (Lipinski definition) is 1. The van der Waals surface area contributed by atoms with Crippen LogP contribution < -0.4 is 0 Å². The average Bonchev–Trinajstić information content (AvgIpc) is 2.81. The predicted molar refractivity (Wildman–Crippen MR) is 73.1 cm³/mol. The van der Waals surface area contributed by atoms with E-state index in [-0.39, 0.29) is 5.57 Å². The Morgan fingerprint density at radius 1 is 1.40 bits per heavy atom. The van der Waals surface area contributed by atoms with E-state index in [1.54, 1.807) is 19.9 Å². The normalized spacial score (nSPS) is 25.9. The summed E-state index contributed by atoms with van der Waals surface area (Å²) in [6.45, 7) is 4.39. The fourth-order valence-electron chi connectivity index (χ4n) is 2.52. The Labute approximate surface area is 131 Å². The fourth-order valence-corrected chi connectivity index (χ4v) is 3.63. The molecule has 3 unspecified atom stereocenters. The quantitative estimate of drug-likeness (QED) is 0.483. The minimum absolute atomic E-state index is 0.375. The number of ether oxygens (including phenoxy) is 1. The lowest BCUT2D eigenvalue weighted by atomic mass is 10.0. The molecule has 0 bridgehead atoms. The number of carboxylic acid groups (broad SMARTS) is 1. The summed E-state index contributed by atoms with van der Waals surface area (Å²) in [4.78, 5) is 22.5. The number of rotatable bonds is 4. The third-order valence-corrected chi connectivity index (χ3v) is 4.31. The first-order valence-corrected chi connectivity index (χ1v) is 6.70. The smallest absolute Gasteiger partial charge is 0.307 e. The molecule has 0 heterocycles. The lowest BCUT2D eigenvalue weighted by Crippen LogP contribution is -2.35. The van der Waals surface area contributed by atoms with Gasteiger partial charge in [-0.25, -0.2) is 0 Å². The summed E-state index contributed by atoms with van der Waals surface area (Å²) in [6, 6.07) is 1.68. The van der Waals surface area contributed by atoms with Crippen LogP contribution in [-0.4, -0.2) is 22.1 Å². The van der Waals surface area contributed by atoms with Crippen molar-refractivity contribution in [3.8, 4) is 6.07 Å². The Morgan fingerprint density at radius 3 is 2.15 bits per heavy atom. The van der Waals surface area contributed by atoms with Crippen LogP contribution in [0.25, 0.3) is 0 Å². The van der Waals surface area contributed by atoms with E-state index in [0.29, 0.717) is 0 Å². The summed E-state index contributed by atoms with van der Waals surface area (Å²) < 4.78 is 4.54. The number of nitriles is 1. The van der Waals surface area contributed by atoms with Crippen molar-refractivity contribution in [1.82, 2.24) is 0 Å². The zero-order chi connectivity index (χ0) is 15.9. The van der Waals surface area contributed by atoms with Crippen molar-refractivity contribution in [1.29, 1.82) is 5.26 Å². The molecule has 0 aromatic rings. The van der Waals surface area contributed by atoms with Gasteiger partial charge < -0.3 is 9.84 Å². The molecule has 1 aliphatic rings. The van der Waals surface area contributed by atoms with E-state index in [9.17, 15) is 14.7 Å². The maximum Gasteiger partial charge on any atom is 0.307 e. The van der Waals surface area contributed by atoms with Crippen LogP contribution in [0.5, 0.6) is 0 Å². The molecule has 0 aromatic heterocycles. The monoisotopic (exact) mass is 339 g/mol. The Kier molecular flexibility index (Phi) is 4.65. The highest BCUT2D eigenvalue weighted by atomic mass is 35.5. The van der Waals surface area contributed by atoms with E-state index in [1.807, 2.05) is 0 Å². The highest BCUT2D eigenvalue weighted by Crippen LogP contribution is 2.67. The zero-order valence-electron chi connectivity index (χ0n) is 10.9.